The van der Waals surface area contributed by atoms with Crippen LogP contribution in [0.2, 0.25) is 0 Å². The van der Waals surface area contributed by atoms with Crippen molar-refractivity contribution in [2.24, 2.45) is 0 Å². The Morgan fingerprint density at radius 1 is 1.27 bits per heavy atom. The van der Waals surface area contributed by atoms with Gasteiger partial charge >= 0.3 is 0 Å². The third-order valence-corrected chi connectivity index (χ3v) is 2.21. The molecule has 0 atom stereocenters. The van der Waals surface area contributed by atoms with Crippen LogP contribution in [0.3, 0.4) is 0 Å². The van der Waals surface area contributed by atoms with Crippen molar-refractivity contribution < 1.29 is 5.11 Å². The van der Waals surface area contributed by atoms with Crippen molar-refractivity contribution >= 4 is 5.57 Å². The summed E-state index contributed by atoms with van der Waals surface area (Å²) in [4.78, 5) is 0. The number of benzene rings is 1. The first-order chi connectivity index (χ1) is 5.29. The number of rotatable bonds is 0. The fraction of sp³-hybridized carbons (Fsp3) is 0.200. The van der Waals surface area contributed by atoms with Crippen LogP contribution in [0.15, 0.2) is 24.8 Å². The van der Waals surface area contributed by atoms with Crippen LogP contribution >= 0.6 is 0 Å². The Kier molecular flexibility index (Phi) is 1.25. The zero-order valence-electron chi connectivity index (χ0n) is 6.30. The Morgan fingerprint density at radius 3 is 2.82 bits per heavy atom. The van der Waals surface area contributed by atoms with Gasteiger partial charge in [-0.15, -0.1) is 0 Å². The molecule has 1 N–H and O–H groups in total. The number of phenolic OH excluding ortho intramolecular Hbond substituents is 1. The molecule has 0 saturated carbocycles. The van der Waals surface area contributed by atoms with Crippen LogP contribution in [-0.2, 0) is 6.42 Å². The molecule has 56 valence electrons. The summed E-state index contributed by atoms with van der Waals surface area (Å²) in [7, 11) is 0. The molecular formula is C10H10O. The van der Waals surface area contributed by atoms with E-state index in [2.05, 4.69) is 6.58 Å². The third-order valence-electron chi connectivity index (χ3n) is 2.21. The largest absolute Gasteiger partial charge is 0.508 e. The first-order valence-corrected chi connectivity index (χ1v) is 3.78. The molecule has 1 aromatic rings. The molecule has 1 aliphatic carbocycles. The minimum absolute atomic E-state index is 0.418. The van der Waals surface area contributed by atoms with Gasteiger partial charge in [0.25, 0.3) is 0 Å². The molecule has 1 nitrogen and oxygen atoms in total. The van der Waals surface area contributed by atoms with E-state index in [1.165, 1.54) is 0 Å². The molecule has 11 heavy (non-hydrogen) atoms. The van der Waals surface area contributed by atoms with Gasteiger partial charge in [-0.3, -0.25) is 0 Å². The van der Waals surface area contributed by atoms with Crippen LogP contribution < -0.4 is 0 Å². The van der Waals surface area contributed by atoms with E-state index in [9.17, 15) is 5.11 Å². The SMILES string of the molecule is C=C1CCc2c(O)cccc21. The number of hydrogen-bond donors (Lipinski definition) is 1. The second kappa shape index (κ2) is 2.12. The lowest BCUT2D eigenvalue weighted by Gasteiger charge is -2.00. The Bertz CT molecular complexity index is 313. The lowest BCUT2D eigenvalue weighted by atomic mass is 10.1. The molecule has 0 fully saturated rings. The smallest absolute Gasteiger partial charge is 0.119 e. The summed E-state index contributed by atoms with van der Waals surface area (Å²) in [6, 6.07) is 5.62. The Morgan fingerprint density at radius 2 is 2.09 bits per heavy atom. The zero-order valence-corrected chi connectivity index (χ0v) is 6.30. The number of fused-ring (bicyclic) bond motifs is 1. The van der Waals surface area contributed by atoms with E-state index in [4.69, 9.17) is 0 Å². The van der Waals surface area contributed by atoms with E-state index >= 15 is 0 Å². The molecule has 0 aromatic heterocycles. The van der Waals surface area contributed by atoms with Gasteiger partial charge in [-0.2, -0.15) is 0 Å². The molecular weight excluding hydrogens is 136 g/mol. The summed E-state index contributed by atoms with van der Waals surface area (Å²) in [6.45, 7) is 3.93. The molecule has 1 aliphatic rings. The molecule has 0 heterocycles. The maximum Gasteiger partial charge on any atom is 0.119 e. The van der Waals surface area contributed by atoms with Crippen LogP contribution in [0.25, 0.3) is 5.57 Å². The van der Waals surface area contributed by atoms with Crippen molar-refractivity contribution in [3.63, 3.8) is 0 Å². The van der Waals surface area contributed by atoms with E-state index in [0.29, 0.717) is 5.75 Å². The normalized spacial score (nSPS) is 15.1. The van der Waals surface area contributed by atoms with Gasteiger partial charge in [0.05, 0.1) is 0 Å². The van der Waals surface area contributed by atoms with Crippen molar-refractivity contribution in [3.8, 4) is 5.75 Å². The average Bonchev–Trinajstić information content (AvgIpc) is 2.35. The van der Waals surface area contributed by atoms with Gasteiger partial charge in [0.2, 0.25) is 0 Å². The van der Waals surface area contributed by atoms with Crippen molar-refractivity contribution in [1.29, 1.82) is 0 Å². The average molecular weight is 146 g/mol. The second-order valence-corrected chi connectivity index (χ2v) is 2.91. The minimum atomic E-state index is 0.418. The number of aromatic hydroxyl groups is 1. The number of allylic oxidation sites excluding steroid dienone is 1. The molecule has 0 aliphatic heterocycles. The molecule has 0 bridgehead atoms. The van der Waals surface area contributed by atoms with Crippen LogP contribution in [-0.4, -0.2) is 5.11 Å². The van der Waals surface area contributed by atoms with Gasteiger partial charge in [-0.25, -0.2) is 0 Å². The van der Waals surface area contributed by atoms with Crippen molar-refractivity contribution in [2.45, 2.75) is 12.8 Å². The van der Waals surface area contributed by atoms with Crippen molar-refractivity contribution in [2.75, 3.05) is 0 Å². The number of phenols is 1. The van der Waals surface area contributed by atoms with Gasteiger partial charge in [0.1, 0.15) is 5.75 Å². The van der Waals surface area contributed by atoms with Crippen LogP contribution in [0.4, 0.5) is 0 Å². The predicted octanol–water partition coefficient (Wildman–Crippen LogP) is 2.35. The molecule has 1 heteroatoms. The fourth-order valence-electron chi connectivity index (χ4n) is 1.58. The molecule has 1 aromatic carbocycles. The van der Waals surface area contributed by atoms with E-state index in [0.717, 1.165) is 29.5 Å². The highest BCUT2D eigenvalue weighted by atomic mass is 16.3. The van der Waals surface area contributed by atoms with E-state index in [1.807, 2.05) is 12.1 Å². The molecule has 0 spiro atoms. The Hall–Kier alpha value is -1.24. The van der Waals surface area contributed by atoms with Gasteiger partial charge < -0.3 is 5.11 Å². The van der Waals surface area contributed by atoms with Crippen LogP contribution in [0.1, 0.15) is 17.5 Å². The standard InChI is InChI=1S/C10H10O/c1-7-5-6-9-8(7)3-2-4-10(9)11/h2-4,11H,1,5-6H2. The van der Waals surface area contributed by atoms with Crippen LogP contribution in [0.5, 0.6) is 5.75 Å². The highest BCUT2D eigenvalue weighted by Crippen LogP contribution is 2.35. The summed E-state index contributed by atoms with van der Waals surface area (Å²) >= 11 is 0. The van der Waals surface area contributed by atoms with E-state index in [-0.39, 0.29) is 0 Å². The Labute approximate surface area is 66.0 Å². The summed E-state index contributed by atoms with van der Waals surface area (Å²) in [5.74, 6) is 0.418. The lowest BCUT2D eigenvalue weighted by Crippen LogP contribution is -1.80. The van der Waals surface area contributed by atoms with Gasteiger partial charge in [0, 0.05) is 5.56 Å². The van der Waals surface area contributed by atoms with Gasteiger partial charge in [-0.1, -0.05) is 18.7 Å². The first-order valence-electron chi connectivity index (χ1n) is 3.78. The predicted molar refractivity (Wildman–Crippen MR) is 45.5 cm³/mol. The molecule has 2 rings (SSSR count). The third kappa shape index (κ3) is 0.845. The quantitative estimate of drug-likeness (QED) is 0.595. The van der Waals surface area contributed by atoms with Crippen molar-refractivity contribution in [3.05, 3.63) is 35.9 Å². The highest BCUT2D eigenvalue weighted by molar-refractivity contribution is 5.72. The maximum absolute atomic E-state index is 9.41. The molecule has 0 radical (unpaired) electrons. The fourth-order valence-corrected chi connectivity index (χ4v) is 1.58. The van der Waals surface area contributed by atoms with E-state index in [1.54, 1.807) is 6.07 Å². The molecule has 0 unspecified atom stereocenters. The van der Waals surface area contributed by atoms with Crippen LogP contribution in [0, 0.1) is 0 Å². The topological polar surface area (TPSA) is 20.2 Å². The minimum Gasteiger partial charge on any atom is -0.508 e. The number of hydrogen-bond acceptors (Lipinski definition) is 1. The zero-order chi connectivity index (χ0) is 7.84. The van der Waals surface area contributed by atoms with Gasteiger partial charge in [0.15, 0.2) is 0 Å². The monoisotopic (exact) mass is 146 g/mol. The Balaban J connectivity index is 2.66. The van der Waals surface area contributed by atoms with Crippen molar-refractivity contribution in [1.82, 2.24) is 0 Å². The lowest BCUT2D eigenvalue weighted by molar-refractivity contribution is 0.469. The highest BCUT2D eigenvalue weighted by Gasteiger charge is 2.16. The molecule has 0 saturated heterocycles. The maximum atomic E-state index is 9.41. The molecule has 0 amide bonds. The first kappa shape index (κ1) is 6.47. The second-order valence-electron chi connectivity index (χ2n) is 2.91. The van der Waals surface area contributed by atoms with E-state index < -0.39 is 0 Å². The summed E-state index contributed by atoms with van der Waals surface area (Å²) in [5.41, 5.74) is 3.36. The van der Waals surface area contributed by atoms with Gasteiger partial charge in [-0.05, 0) is 30.0 Å². The summed E-state index contributed by atoms with van der Waals surface area (Å²) in [6.07, 6.45) is 1.94. The summed E-state index contributed by atoms with van der Waals surface area (Å²) < 4.78 is 0. The summed E-state index contributed by atoms with van der Waals surface area (Å²) in [5, 5.41) is 9.41.